The first kappa shape index (κ1) is 16.6. The second kappa shape index (κ2) is 7.55. The van der Waals surface area contributed by atoms with E-state index in [0.29, 0.717) is 16.5 Å². The minimum Gasteiger partial charge on any atom is -0.465 e. The molecule has 6 heteroatoms. The molecule has 24 heavy (non-hydrogen) atoms. The average Bonchev–Trinajstić information content (AvgIpc) is 3.11. The SMILES string of the molecule is CSc1ccc2cc(COC(=O)/C=C/c3ccco3)c(Cl)nc2c1. The molecule has 3 rings (SSSR count). The standard InChI is InChI=1S/C18H14ClNO3S/c1-24-15-6-4-12-9-13(18(19)20-16(12)10-15)11-23-17(21)7-5-14-3-2-8-22-14/h2-10H,11H2,1H3/b7-5+. The molecule has 0 aliphatic heterocycles. The second-order valence-corrected chi connectivity index (χ2v) is 6.19. The number of benzene rings is 1. The molecule has 0 amide bonds. The normalized spacial score (nSPS) is 11.2. The van der Waals surface area contributed by atoms with Crippen LogP contribution in [0.5, 0.6) is 0 Å². The van der Waals surface area contributed by atoms with E-state index in [4.69, 9.17) is 20.8 Å². The van der Waals surface area contributed by atoms with E-state index in [1.165, 1.54) is 12.3 Å². The summed E-state index contributed by atoms with van der Waals surface area (Å²) in [5, 5.41) is 1.29. The number of pyridine rings is 1. The maximum atomic E-state index is 11.8. The first-order chi connectivity index (χ1) is 11.7. The number of hydrogen-bond donors (Lipinski definition) is 0. The Morgan fingerprint density at radius 1 is 1.38 bits per heavy atom. The molecule has 1 aromatic carbocycles. The van der Waals surface area contributed by atoms with Gasteiger partial charge in [0, 0.05) is 21.9 Å². The zero-order chi connectivity index (χ0) is 16.9. The van der Waals surface area contributed by atoms with E-state index in [-0.39, 0.29) is 6.61 Å². The molecule has 0 bridgehead atoms. The van der Waals surface area contributed by atoms with Crippen molar-refractivity contribution in [2.45, 2.75) is 11.5 Å². The Bertz CT molecular complexity index is 891. The van der Waals surface area contributed by atoms with E-state index in [1.54, 1.807) is 30.0 Å². The van der Waals surface area contributed by atoms with Gasteiger partial charge in [-0.2, -0.15) is 0 Å². The predicted molar refractivity (Wildman–Crippen MR) is 96.1 cm³/mol. The van der Waals surface area contributed by atoms with E-state index in [0.717, 1.165) is 15.8 Å². The van der Waals surface area contributed by atoms with E-state index in [9.17, 15) is 4.79 Å². The van der Waals surface area contributed by atoms with Crippen molar-refractivity contribution in [1.29, 1.82) is 0 Å². The van der Waals surface area contributed by atoms with Crippen LogP contribution in [0.15, 0.2) is 58.1 Å². The third kappa shape index (κ3) is 3.99. The lowest BCUT2D eigenvalue weighted by atomic mass is 10.2. The molecule has 3 aromatic rings. The molecule has 0 aliphatic rings. The van der Waals surface area contributed by atoms with Crippen LogP contribution in [0.4, 0.5) is 0 Å². The molecule has 0 saturated carbocycles. The number of fused-ring (bicyclic) bond motifs is 1. The van der Waals surface area contributed by atoms with Gasteiger partial charge in [0.2, 0.25) is 0 Å². The van der Waals surface area contributed by atoms with Crippen LogP contribution in [0.3, 0.4) is 0 Å². The number of nitrogens with zero attached hydrogens (tertiary/aromatic N) is 1. The van der Waals surface area contributed by atoms with Crippen LogP contribution in [0.25, 0.3) is 17.0 Å². The van der Waals surface area contributed by atoms with Crippen molar-refractivity contribution < 1.29 is 13.9 Å². The number of halogens is 1. The monoisotopic (exact) mass is 359 g/mol. The molecule has 2 heterocycles. The van der Waals surface area contributed by atoms with Crippen LogP contribution >= 0.6 is 23.4 Å². The summed E-state index contributed by atoms with van der Waals surface area (Å²) in [7, 11) is 0. The summed E-state index contributed by atoms with van der Waals surface area (Å²) in [5.41, 5.74) is 1.49. The Balaban J connectivity index is 1.70. The Hall–Kier alpha value is -2.24. The van der Waals surface area contributed by atoms with Gasteiger partial charge in [0.1, 0.15) is 17.5 Å². The van der Waals surface area contributed by atoms with E-state index < -0.39 is 5.97 Å². The highest BCUT2D eigenvalue weighted by Crippen LogP contribution is 2.25. The fourth-order valence-electron chi connectivity index (χ4n) is 2.13. The van der Waals surface area contributed by atoms with Gasteiger partial charge in [0.15, 0.2) is 0 Å². The summed E-state index contributed by atoms with van der Waals surface area (Å²) >= 11 is 7.84. The molecular weight excluding hydrogens is 346 g/mol. The molecule has 0 fully saturated rings. The zero-order valence-electron chi connectivity index (χ0n) is 12.9. The highest BCUT2D eigenvalue weighted by molar-refractivity contribution is 7.98. The molecule has 4 nitrogen and oxygen atoms in total. The number of ether oxygens (including phenoxy) is 1. The Labute approximate surface area is 148 Å². The summed E-state index contributed by atoms with van der Waals surface area (Å²) in [4.78, 5) is 17.2. The van der Waals surface area contributed by atoms with Crippen LogP contribution in [0.2, 0.25) is 5.15 Å². The number of carbonyl (C=O) groups excluding carboxylic acids is 1. The van der Waals surface area contributed by atoms with Crippen molar-refractivity contribution in [2.24, 2.45) is 0 Å². The van der Waals surface area contributed by atoms with Gasteiger partial charge < -0.3 is 9.15 Å². The van der Waals surface area contributed by atoms with E-state index in [2.05, 4.69) is 4.98 Å². The van der Waals surface area contributed by atoms with Gasteiger partial charge >= 0.3 is 5.97 Å². The Morgan fingerprint density at radius 2 is 2.25 bits per heavy atom. The van der Waals surface area contributed by atoms with Crippen molar-refractivity contribution in [3.05, 3.63) is 65.2 Å². The molecule has 0 unspecified atom stereocenters. The summed E-state index contributed by atoms with van der Waals surface area (Å²) in [6.07, 6.45) is 6.40. The highest BCUT2D eigenvalue weighted by atomic mass is 35.5. The van der Waals surface area contributed by atoms with Crippen LogP contribution in [-0.2, 0) is 16.1 Å². The topological polar surface area (TPSA) is 52.3 Å². The number of rotatable bonds is 5. The number of esters is 1. The quantitative estimate of drug-likeness (QED) is 0.279. The zero-order valence-corrected chi connectivity index (χ0v) is 14.4. The van der Waals surface area contributed by atoms with Crippen molar-refractivity contribution >= 4 is 46.3 Å². The van der Waals surface area contributed by atoms with Crippen LogP contribution < -0.4 is 0 Å². The van der Waals surface area contributed by atoms with Crippen LogP contribution in [0.1, 0.15) is 11.3 Å². The van der Waals surface area contributed by atoms with Gasteiger partial charge in [0.05, 0.1) is 11.8 Å². The minimum atomic E-state index is -0.472. The van der Waals surface area contributed by atoms with E-state index >= 15 is 0 Å². The number of hydrogen-bond acceptors (Lipinski definition) is 5. The summed E-state index contributed by atoms with van der Waals surface area (Å²) in [6, 6.07) is 11.4. The average molecular weight is 360 g/mol. The third-order valence-corrected chi connectivity index (χ3v) is 4.40. The molecule has 0 saturated heterocycles. The molecule has 0 aliphatic carbocycles. The largest absolute Gasteiger partial charge is 0.465 e. The number of furan rings is 1. The fourth-order valence-corrected chi connectivity index (χ4v) is 2.76. The molecule has 122 valence electrons. The maximum Gasteiger partial charge on any atom is 0.331 e. The van der Waals surface area contributed by atoms with Crippen LogP contribution in [0, 0.1) is 0 Å². The first-order valence-electron chi connectivity index (χ1n) is 7.17. The number of aromatic nitrogens is 1. The molecular formula is C18H14ClNO3S. The van der Waals surface area contributed by atoms with Crippen molar-refractivity contribution in [1.82, 2.24) is 4.98 Å². The molecule has 0 spiro atoms. The Kier molecular flexibility index (Phi) is 5.23. The predicted octanol–water partition coefficient (Wildman–Crippen LogP) is 4.96. The summed E-state index contributed by atoms with van der Waals surface area (Å²) in [6.45, 7) is 0.0629. The molecule has 0 atom stereocenters. The van der Waals surface area contributed by atoms with Crippen molar-refractivity contribution in [2.75, 3.05) is 6.26 Å². The van der Waals surface area contributed by atoms with Gasteiger partial charge in [-0.1, -0.05) is 17.7 Å². The van der Waals surface area contributed by atoms with Crippen molar-refractivity contribution in [3.63, 3.8) is 0 Å². The van der Waals surface area contributed by atoms with Gasteiger partial charge in [-0.15, -0.1) is 11.8 Å². The van der Waals surface area contributed by atoms with Crippen LogP contribution in [-0.4, -0.2) is 17.2 Å². The smallest absolute Gasteiger partial charge is 0.331 e. The lowest BCUT2D eigenvalue weighted by Gasteiger charge is -2.07. The minimum absolute atomic E-state index is 0.0629. The molecule has 2 aromatic heterocycles. The van der Waals surface area contributed by atoms with Gasteiger partial charge in [0.25, 0.3) is 0 Å². The Morgan fingerprint density at radius 3 is 3.00 bits per heavy atom. The third-order valence-electron chi connectivity index (χ3n) is 3.35. The van der Waals surface area contributed by atoms with Gasteiger partial charge in [-0.05, 0) is 42.7 Å². The lowest BCUT2D eigenvalue weighted by Crippen LogP contribution is -2.02. The van der Waals surface area contributed by atoms with E-state index in [1.807, 2.05) is 30.5 Å². The molecule has 0 N–H and O–H groups in total. The summed E-state index contributed by atoms with van der Waals surface area (Å²) in [5.74, 6) is 0.113. The summed E-state index contributed by atoms with van der Waals surface area (Å²) < 4.78 is 10.3. The first-order valence-corrected chi connectivity index (χ1v) is 8.77. The number of carbonyl (C=O) groups is 1. The highest BCUT2D eigenvalue weighted by Gasteiger charge is 2.08. The number of thioether (sulfide) groups is 1. The van der Waals surface area contributed by atoms with Gasteiger partial charge in [-0.3, -0.25) is 0 Å². The lowest BCUT2D eigenvalue weighted by molar-refractivity contribution is -0.138. The van der Waals surface area contributed by atoms with Gasteiger partial charge in [-0.25, -0.2) is 9.78 Å². The second-order valence-electron chi connectivity index (χ2n) is 4.95. The fraction of sp³-hybridized carbons (Fsp3) is 0.111. The maximum absolute atomic E-state index is 11.8. The molecule has 0 radical (unpaired) electrons. The van der Waals surface area contributed by atoms with Crippen molar-refractivity contribution in [3.8, 4) is 0 Å².